The predicted molar refractivity (Wildman–Crippen MR) is 135 cm³/mol. The summed E-state index contributed by atoms with van der Waals surface area (Å²) in [5.74, 6) is -0.489. The second-order valence-corrected chi connectivity index (χ2v) is 9.61. The Morgan fingerprint density at radius 3 is 2.52 bits per heavy atom. The number of carbonyl (C=O) groups is 2. The Hall–Kier alpha value is -2.36. The minimum atomic E-state index is -0.926. The molecule has 4 rings (SSSR count). The summed E-state index contributed by atoms with van der Waals surface area (Å²) in [6.07, 6.45) is 5.91. The van der Waals surface area contributed by atoms with Crippen LogP contribution in [0.15, 0.2) is 45.5 Å². The topological polar surface area (TPSA) is 83.7 Å². The van der Waals surface area contributed by atoms with Crippen LogP contribution >= 0.6 is 31.9 Å². The molecule has 3 aromatic rings. The molecule has 7 nitrogen and oxygen atoms in total. The first-order valence-electron chi connectivity index (χ1n) is 10.9. The number of rotatable bonds is 6. The average Bonchev–Trinajstić information content (AvgIpc) is 3.19. The van der Waals surface area contributed by atoms with Crippen LogP contribution in [-0.4, -0.2) is 41.5 Å². The van der Waals surface area contributed by atoms with Gasteiger partial charge in [0.15, 0.2) is 5.75 Å². The molecule has 0 saturated carbocycles. The molecule has 1 aliphatic rings. The Bertz CT molecular complexity index is 1150. The first-order chi connectivity index (χ1) is 15.9. The van der Waals surface area contributed by atoms with Gasteiger partial charge in [-0.3, -0.25) is 9.69 Å². The summed E-state index contributed by atoms with van der Waals surface area (Å²) in [6.45, 7) is 4.99. The van der Waals surface area contributed by atoms with E-state index in [4.69, 9.17) is 9.47 Å². The van der Waals surface area contributed by atoms with Crippen LogP contribution in [0.5, 0.6) is 11.5 Å². The standard InChI is InChI=1S/C24H25Br2N3O4/c1-2-32-24(31)23(30)28-16-10-19(25)22(20(26)11-16)33-17-6-7-21-18(12-17)15(13-27-21)14-29-8-4-3-5-9-29/h6-7,10-13,27H,2-5,8-9,14H2,1H3,(H,28,30). The van der Waals surface area contributed by atoms with Gasteiger partial charge in [0.05, 0.1) is 15.6 Å². The molecule has 0 unspecified atom stereocenters. The normalized spacial score (nSPS) is 14.3. The highest BCUT2D eigenvalue weighted by atomic mass is 79.9. The largest absolute Gasteiger partial charge is 0.459 e. The quantitative estimate of drug-likeness (QED) is 0.278. The zero-order valence-corrected chi connectivity index (χ0v) is 21.4. The van der Waals surface area contributed by atoms with Crippen LogP contribution in [0.25, 0.3) is 10.9 Å². The summed E-state index contributed by atoms with van der Waals surface area (Å²) < 4.78 is 12.2. The number of aromatic nitrogens is 1. The van der Waals surface area contributed by atoms with E-state index in [1.165, 1.54) is 24.8 Å². The van der Waals surface area contributed by atoms with E-state index in [1.54, 1.807) is 19.1 Å². The van der Waals surface area contributed by atoms with Crippen molar-refractivity contribution in [1.82, 2.24) is 9.88 Å². The Kier molecular flexibility index (Phi) is 7.72. The second kappa shape index (κ2) is 10.7. The molecule has 0 bridgehead atoms. The number of carbonyl (C=O) groups excluding carboxylic acids is 2. The summed E-state index contributed by atoms with van der Waals surface area (Å²) in [5.41, 5.74) is 2.76. The Balaban J connectivity index is 1.52. The molecule has 33 heavy (non-hydrogen) atoms. The third-order valence-electron chi connectivity index (χ3n) is 5.52. The molecule has 1 fully saturated rings. The molecule has 1 saturated heterocycles. The molecule has 2 N–H and O–H groups in total. The van der Waals surface area contributed by atoms with Gasteiger partial charge in [0, 0.05) is 29.3 Å². The van der Waals surface area contributed by atoms with Crippen molar-refractivity contribution in [2.45, 2.75) is 32.7 Å². The number of piperidine rings is 1. The van der Waals surface area contributed by atoms with Gasteiger partial charge >= 0.3 is 11.9 Å². The van der Waals surface area contributed by atoms with E-state index in [9.17, 15) is 9.59 Å². The number of esters is 1. The summed E-state index contributed by atoms with van der Waals surface area (Å²) >= 11 is 7.00. The Morgan fingerprint density at radius 2 is 1.82 bits per heavy atom. The van der Waals surface area contributed by atoms with Crippen molar-refractivity contribution in [1.29, 1.82) is 0 Å². The first-order valence-corrected chi connectivity index (χ1v) is 12.5. The van der Waals surface area contributed by atoms with Crippen LogP contribution in [-0.2, 0) is 20.9 Å². The fourth-order valence-electron chi connectivity index (χ4n) is 3.94. The van der Waals surface area contributed by atoms with Gasteiger partial charge in [0.1, 0.15) is 5.75 Å². The number of anilines is 1. The minimum absolute atomic E-state index is 0.137. The first kappa shape index (κ1) is 23.8. The van der Waals surface area contributed by atoms with Crippen molar-refractivity contribution in [2.75, 3.05) is 25.0 Å². The minimum Gasteiger partial charge on any atom is -0.459 e. The number of benzene rings is 2. The zero-order valence-electron chi connectivity index (χ0n) is 18.2. The molecule has 9 heteroatoms. The highest BCUT2D eigenvalue weighted by Crippen LogP contribution is 2.40. The van der Waals surface area contributed by atoms with Crippen molar-refractivity contribution >= 4 is 60.3 Å². The molecule has 1 aliphatic heterocycles. The molecular weight excluding hydrogens is 554 g/mol. The van der Waals surface area contributed by atoms with Crippen molar-refractivity contribution in [3.63, 3.8) is 0 Å². The van der Waals surface area contributed by atoms with Gasteiger partial charge in [-0.05, 0) is 101 Å². The maximum atomic E-state index is 11.9. The van der Waals surface area contributed by atoms with E-state index >= 15 is 0 Å². The van der Waals surface area contributed by atoms with Crippen molar-refractivity contribution in [2.24, 2.45) is 0 Å². The number of halogens is 2. The van der Waals surface area contributed by atoms with E-state index < -0.39 is 11.9 Å². The van der Waals surface area contributed by atoms with Gasteiger partial charge in [0.2, 0.25) is 0 Å². The molecule has 1 amide bonds. The fraction of sp³-hybridized carbons (Fsp3) is 0.333. The van der Waals surface area contributed by atoms with Gasteiger partial charge in [-0.1, -0.05) is 6.42 Å². The summed E-state index contributed by atoms with van der Waals surface area (Å²) in [5, 5.41) is 3.67. The molecule has 174 valence electrons. The molecule has 0 radical (unpaired) electrons. The summed E-state index contributed by atoms with van der Waals surface area (Å²) in [6, 6.07) is 9.32. The van der Waals surface area contributed by atoms with Crippen LogP contribution in [0, 0.1) is 0 Å². The van der Waals surface area contributed by atoms with Gasteiger partial charge in [-0.15, -0.1) is 0 Å². The molecule has 0 spiro atoms. The van der Waals surface area contributed by atoms with Gasteiger partial charge in [0.25, 0.3) is 0 Å². The van der Waals surface area contributed by atoms with E-state index in [0.29, 0.717) is 26.1 Å². The number of likely N-dealkylation sites (tertiary alicyclic amines) is 1. The Morgan fingerprint density at radius 1 is 1.09 bits per heavy atom. The lowest BCUT2D eigenvalue weighted by Gasteiger charge is -2.26. The maximum absolute atomic E-state index is 11.9. The SMILES string of the molecule is CCOC(=O)C(=O)Nc1cc(Br)c(Oc2ccc3[nH]cc(CN4CCCCC4)c3c2)c(Br)c1. The van der Waals surface area contributed by atoms with Crippen molar-refractivity contribution < 1.29 is 19.1 Å². The molecule has 0 atom stereocenters. The van der Waals surface area contributed by atoms with Crippen LogP contribution in [0.4, 0.5) is 5.69 Å². The lowest BCUT2D eigenvalue weighted by Crippen LogP contribution is -2.28. The van der Waals surface area contributed by atoms with Crippen LogP contribution < -0.4 is 10.1 Å². The number of nitrogens with one attached hydrogen (secondary N) is 2. The monoisotopic (exact) mass is 577 g/mol. The third kappa shape index (κ3) is 5.77. The van der Waals surface area contributed by atoms with Crippen molar-refractivity contribution in [3.05, 3.63) is 51.0 Å². The molecule has 2 aromatic carbocycles. The van der Waals surface area contributed by atoms with E-state index in [-0.39, 0.29) is 6.61 Å². The van der Waals surface area contributed by atoms with Gasteiger partial charge < -0.3 is 19.8 Å². The zero-order chi connectivity index (χ0) is 23.4. The number of nitrogens with zero attached hydrogens (tertiary/aromatic N) is 1. The Labute approximate surface area is 209 Å². The predicted octanol–water partition coefficient (Wildman–Crippen LogP) is 5.97. The maximum Gasteiger partial charge on any atom is 0.397 e. The van der Waals surface area contributed by atoms with Crippen LogP contribution in [0.3, 0.4) is 0 Å². The lowest BCUT2D eigenvalue weighted by molar-refractivity contribution is -0.152. The molecule has 0 aliphatic carbocycles. The van der Waals surface area contributed by atoms with Crippen LogP contribution in [0.1, 0.15) is 31.7 Å². The van der Waals surface area contributed by atoms with Gasteiger partial charge in [-0.25, -0.2) is 4.79 Å². The molecule has 1 aromatic heterocycles. The number of ether oxygens (including phenoxy) is 2. The number of aromatic amines is 1. The number of amides is 1. The van der Waals surface area contributed by atoms with E-state index in [2.05, 4.69) is 53.3 Å². The lowest BCUT2D eigenvalue weighted by atomic mass is 10.1. The fourth-order valence-corrected chi connectivity index (χ4v) is 5.28. The highest BCUT2D eigenvalue weighted by molar-refractivity contribution is 9.11. The number of fused-ring (bicyclic) bond motifs is 1. The molecule has 2 heterocycles. The van der Waals surface area contributed by atoms with Crippen LogP contribution in [0.2, 0.25) is 0 Å². The second-order valence-electron chi connectivity index (χ2n) is 7.90. The van der Waals surface area contributed by atoms with E-state index in [0.717, 1.165) is 30.5 Å². The number of hydrogen-bond donors (Lipinski definition) is 2. The number of H-pyrrole nitrogens is 1. The summed E-state index contributed by atoms with van der Waals surface area (Å²) in [7, 11) is 0. The molecular formula is C24H25Br2N3O4. The van der Waals surface area contributed by atoms with Crippen molar-refractivity contribution in [3.8, 4) is 11.5 Å². The third-order valence-corrected chi connectivity index (χ3v) is 6.70. The average molecular weight is 579 g/mol. The van der Waals surface area contributed by atoms with E-state index in [1.807, 2.05) is 18.2 Å². The highest BCUT2D eigenvalue weighted by Gasteiger charge is 2.18. The summed E-state index contributed by atoms with van der Waals surface area (Å²) in [4.78, 5) is 29.3. The smallest absolute Gasteiger partial charge is 0.397 e. The number of hydrogen-bond acceptors (Lipinski definition) is 5. The van der Waals surface area contributed by atoms with Gasteiger partial charge in [-0.2, -0.15) is 0 Å².